The molecule has 2 rings (SSSR count). The van der Waals surface area contributed by atoms with Crippen molar-refractivity contribution < 1.29 is 5.11 Å². The Bertz CT molecular complexity index is 411. The summed E-state index contributed by atoms with van der Waals surface area (Å²) in [7, 11) is 1.94. The Morgan fingerprint density at radius 3 is 2.82 bits per heavy atom. The molecule has 0 aliphatic carbocycles. The van der Waals surface area contributed by atoms with Gasteiger partial charge >= 0.3 is 0 Å². The molecule has 1 aliphatic heterocycles. The van der Waals surface area contributed by atoms with Crippen molar-refractivity contribution in [3.05, 3.63) is 11.3 Å². The van der Waals surface area contributed by atoms with Gasteiger partial charge in [0.1, 0.15) is 5.82 Å². The fourth-order valence-corrected chi connectivity index (χ4v) is 2.73. The molecule has 1 aromatic rings. The number of nitrogens with two attached hydrogens (primary N) is 1. The number of aromatic nitrogens is 2. The maximum atomic E-state index is 10.2. The number of nitrogens with zero attached hydrogens (tertiary/aromatic N) is 3. The molecule has 1 aliphatic rings. The average Bonchev–Trinajstić information content (AvgIpc) is 2.51. The molecule has 0 radical (unpaired) electrons. The van der Waals surface area contributed by atoms with E-state index in [9.17, 15) is 5.11 Å². The van der Waals surface area contributed by atoms with Gasteiger partial charge in [0.05, 0.1) is 11.3 Å². The molecule has 1 aromatic heterocycles. The molecule has 1 unspecified atom stereocenters. The van der Waals surface area contributed by atoms with E-state index in [0.717, 1.165) is 36.5 Å². The Morgan fingerprint density at radius 2 is 2.24 bits per heavy atom. The Kier molecular flexibility index (Phi) is 3.14. The molecular formula is C12H22N4O. The van der Waals surface area contributed by atoms with Gasteiger partial charge in [-0.25, -0.2) is 0 Å². The van der Waals surface area contributed by atoms with Crippen molar-refractivity contribution >= 4 is 5.82 Å². The smallest absolute Gasteiger partial charge is 0.131 e. The summed E-state index contributed by atoms with van der Waals surface area (Å²) in [6.45, 7) is 5.98. The van der Waals surface area contributed by atoms with E-state index >= 15 is 0 Å². The van der Waals surface area contributed by atoms with Crippen LogP contribution in [-0.2, 0) is 13.6 Å². The Hall–Kier alpha value is -1.07. The first kappa shape index (κ1) is 12.4. The molecule has 0 amide bonds. The minimum absolute atomic E-state index is 0.494. The summed E-state index contributed by atoms with van der Waals surface area (Å²) in [5.74, 6) is 1.06. The minimum atomic E-state index is -0.609. The van der Waals surface area contributed by atoms with Gasteiger partial charge in [-0.3, -0.25) is 4.68 Å². The van der Waals surface area contributed by atoms with Crippen LogP contribution >= 0.6 is 0 Å². The highest BCUT2D eigenvalue weighted by molar-refractivity contribution is 5.50. The standard InChI is InChI=1S/C12H22N4O/c1-9-10(7-13)11(15(3)14-9)16-6-4-5-12(2,17)8-16/h17H,4-8,13H2,1-3H3. The second-order valence-corrected chi connectivity index (χ2v) is 5.24. The van der Waals surface area contributed by atoms with E-state index in [1.165, 1.54) is 0 Å². The molecule has 3 N–H and O–H groups in total. The number of aliphatic hydroxyl groups is 1. The predicted octanol–water partition coefficient (Wildman–Crippen LogP) is 0.538. The minimum Gasteiger partial charge on any atom is -0.388 e. The fourth-order valence-electron chi connectivity index (χ4n) is 2.73. The van der Waals surface area contributed by atoms with Gasteiger partial charge in [0, 0.05) is 32.2 Å². The van der Waals surface area contributed by atoms with Gasteiger partial charge in [-0.1, -0.05) is 0 Å². The van der Waals surface area contributed by atoms with Crippen molar-refractivity contribution in [2.75, 3.05) is 18.0 Å². The van der Waals surface area contributed by atoms with Gasteiger partial charge in [-0.15, -0.1) is 0 Å². The second-order valence-electron chi connectivity index (χ2n) is 5.24. The van der Waals surface area contributed by atoms with Crippen LogP contribution in [0.1, 0.15) is 31.0 Å². The Morgan fingerprint density at radius 1 is 1.53 bits per heavy atom. The van der Waals surface area contributed by atoms with Gasteiger partial charge in [0.15, 0.2) is 0 Å². The zero-order chi connectivity index (χ0) is 12.6. The predicted molar refractivity (Wildman–Crippen MR) is 67.9 cm³/mol. The average molecular weight is 238 g/mol. The molecule has 1 atom stereocenters. The molecule has 1 saturated heterocycles. The molecule has 0 saturated carbocycles. The number of rotatable bonds is 2. The first-order valence-electron chi connectivity index (χ1n) is 6.14. The highest BCUT2D eigenvalue weighted by Gasteiger charge is 2.31. The molecule has 96 valence electrons. The third-order valence-electron chi connectivity index (χ3n) is 3.49. The summed E-state index contributed by atoms with van der Waals surface area (Å²) in [5.41, 5.74) is 7.26. The lowest BCUT2D eigenvalue weighted by molar-refractivity contribution is 0.0445. The van der Waals surface area contributed by atoms with Crippen LogP contribution in [0.15, 0.2) is 0 Å². The summed E-state index contributed by atoms with van der Waals surface area (Å²) < 4.78 is 1.87. The van der Waals surface area contributed by atoms with E-state index in [2.05, 4.69) is 10.00 Å². The van der Waals surface area contributed by atoms with Crippen molar-refractivity contribution in [1.82, 2.24) is 9.78 Å². The van der Waals surface area contributed by atoms with E-state index in [4.69, 9.17) is 5.73 Å². The third kappa shape index (κ3) is 2.30. The van der Waals surface area contributed by atoms with Gasteiger partial charge in [0.2, 0.25) is 0 Å². The van der Waals surface area contributed by atoms with Gasteiger partial charge < -0.3 is 15.7 Å². The van der Waals surface area contributed by atoms with E-state index < -0.39 is 5.60 Å². The molecule has 0 bridgehead atoms. The fraction of sp³-hybridized carbons (Fsp3) is 0.750. The number of hydrogen-bond acceptors (Lipinski definition) is 4. The summed E-state index contributed by atoms with van der Waals surface area (Å²) in [6.07, 6.45) is 1.86. The summed E-state index contributed by atoms with van der Waals surface area (Å²) >= 11 is 0. The van der Waals surface area contributed by atoms with E-state index in [-0.39, 0.29) is 0 Å². The molecule has 5 nitrogen and oxygen atoms in total. The van der Waals surface area contributed by atoms with Crippen LogP contribution in [0.4, 0.5) is 5.82 Å². The lowest BCUT2D eigenvalue weighted by Crippen LogP contribution is -2.47. The molecule has 0 spiro atoms. The first-order chi connectivity index (χ1) is 7.94. The van der Waals surface area contributed by atoms with E-state index in [1.807, 2.05) is 25.6 Å². The molecule has 5 heteroatoms. The largest absolute Gasteiger partial charge is 0.388 e. The second kappa shape index (κ2) is 4.31. The monoisotopic (exact) mass is 238 g/mol. The Balaban J connectivity index is 2.33. The maximum absolute atomic E-state index is 10.2. The zero-order valence-electron chi connectivity index (χ0n) is 10.9. The van der Waals surface area contributed by atoms with Crippen LogP contribution < -0.4 is 10.6 Å². The molecule has 17 heavy (non-hydrogen) atoms. The quantitative estimate of drug-likeness (QED) is 0.789. The van der Waals surface area contributed by atoms with Crippen LogP contribution in [0.3, 0.4) is 0 Å². The molecule has 0 aromatic carbocycles. The van der Waals surface area contributed by atoms with Crippen molar-refractivity contribution in [3.63, 3.8) is 0 Å². The molecule has 2 heterocycles. The van der Waals surface area contributed by atoms with Gasteiger partial charge in [-0.2, -0.15) is 5.10 Å². The topological polar surface area (TPSA) is 67.3 Å². The summed E-state index contributed by atoms with van der Waals surface area (Å²) in [5, 5.41) is 14.6. The van der Waals surface area contributed by atoms with E-state index in [1.54, 1.807) is 0 Å². The number of aryl methyl sites for hydroxylation is 2. The van der Waals surface area contributed by atoms with Crippen molar-refractivity contribution in [3.8, 4) is 0 Å². The third-order valence-corrected chi connectivity index (χ3v) is 3.49. The van der Waals surface area contributed by atoms with Crippen LogP contribution in [0, 0.1) is 6.92 Å². The van der Waals surface area contributed by atoms with Gasteiger partial charge in [-0.05, 0) is 26.7 Å². The van der Waals surface area contributed by atoms with Gasteiger partial charge in [0.25, 0.3) is 0 Å². The van der Waals surface area contributed by atoms with Crippen molar-refractivity contribution in [2.24, 2.45) is 12.8 Å². The first-order valence-corrected chi connectivity index (χ1v) is 6.14. The number of piperidine rings is 1. The lowest BCUT2D eigenvalue weighted by Gasteiger charge is -2.38. The van der Waals surface area contributed by atoms with Crippen molar-refractivity contribution in [1.29, 1.82) is 0 Å². The van der Waals surface area contributed by atoms with Crippen LogP contribution in [0.2, 0.25) is 0 Å². The van der Waals surface area contributed by atoms with Crippen LogP contribution in [0.25, 0.3) is 0 Å². The van der Waals surface area contributed by atoms with Crippen molar-refractivity contribution in [2.45, 2.75) is 38.8 Å². The highest BCUT2D eigenvalue weighted by atomic mass is 16.3. The van der Waals surface area contributed by atoms with Crippen LogP contribution in [0.5, 0.6) is 0 Å². The SMILES string of the molecule is Cc1nn(C)c(N2CCCC(C)(O)C2)c1CN. The zero-order valence-corrected chi connectivity index (χ0v) is 10.9. The lowest BCUT2D eigenvalue weighted by atomic mass is 9.95. The summed E-state index contributed by atoms with van der Waals surface area (Å²) in [4.78, 5) is 2.20. The normalized spacial score (nSPS) is 25.4. The Labute approximate surface area is 102 Å². The highest BCUT2D eigenvalue weighted by Crippen LogP contribution is 2.29. The number of anilines is 1. The van der Waals surface area contributed by atoms with Crippen LogP contribution in [-0.4, -0.2) is 33.6 Å². The number of hydrogen-bond donors (Lipinski definition) is 2. The molecular weight excluding hydrogens is 216 g/mol. The van der Waals surface area contributed by atoms with E-state index in [0.29, 0.717) is 13.1 Å². The molecule has 1 fully saturated rings. The maximum Gasteiger partial charge on any atom is 0.131 e. The number of β-amino-alcohol motifs (C(OH)–C–C–N with tert-alkyl or cyclic N) is 1. The summed E-state index contributed by atoms with van der Waals surface area (Å²) in [6, 6.07) is 0.